The summed E-state index contributed by atoms with van der Waals surface area (Å²) in [5.41, 5.74) is 2.45. The molecular weight excluding hydrogens is 428 g/mol. The first-order chi connectivity index (χ1) is 14.7. The first kappa shape index (κ1) is 23.4. The van der Waals surface area contributed by atoms with Gasteiger partial charge < -0.3 is 9.47 Å². The normalized spacial score (nSPS) is 10.9. The quantitative estimate of drug-likeness (QED) is 0.432. The van der Waals surface area contributed by atoms with Gasteiger partial charge in [0.15, 0.2) is 0 Å². The maximum atomic E-state index is 11.8. The van der Waals surface area contributed by atoms with E-state index in [1.165, 1.54) is 24.3 Å². The molecule has 1 aromatic carbocycles. The number of anilines is 1. The number of halogens is 1. The van der Waals surface area contributed by atoms with E-state index in [0.29, 0.717) is 11.3 Å². The molecule has 31 heavy (non-hydrogen) atoms. The number of amides is 2. The SMILES string of the molecule is CCOC(=O)NC(=O)/C(C#N)=N/Nc1ccc(Oc2cc(C(C)C)c(=O)[nH]n2)c(Cl)c1. The molecule has 0 fully saturated rings. The van der Waals surface area contributed by atoms with E-state index in [-0.39, 0.29) is 34.7 Å². The molecule has 162 valence electrons. The Morgan fingerprint density at radius 1 is 1.35 bits per heavy atom. The number of hydrazone groups is 1. The predicted octanol–water partition coefficient (Wildman–Crippen LogP) is 2.90. The number of aromatic amines is 1. The molecule has 0 radical (unpaired) electrons. The van der Waals surface area contributed by atoms with E-state index in [9.17, 15) is 14.4 Å². The number of rotatable bonds is 7. The molecule has 0 unspecified atom stereocenters. The van der Waals surface area contributed by atoms with Gasteiger partial charge in [0.25, 0.3) is 11.5 Å². The fourth-order valence-corrected chi connectivity index (χ4v) is 2.43. The fraction of sp³-hybridized carbons (Fsp3) is 0.263. The molecule has 2 rings (SSSR count). The molecule has 0 saturated heterocycles. The van der Waals surface area contributed by atoms with Gasteiger partial charge in [0, 0.05) is 11.6 Å². The molecule has 2 amide bonds. The molecule has 0 spiro atoms. The maximum absolute atomic E-state index is 11.8. The van der Waals surface area contributed by atoms with Crippen molar-refractivity contribution in [2.45, 2.75) is 26.7 Å². The van der Waals surface area contributed by atoms with Crippen molar-refractivity contribution in [3.8, 4) is 17.7 Å². The molecule has 0 aliphatic rings. The Morgan fingerprint density at radius 3 is 2.71 bits per heavy atom. The Hall–Kier alpha value is -3.91. The zero-order valence-corrected chi connectivity index (χ0v) is 17.6. The Labute approximate surface area is 182 Å². The Bertz CT molecular complexity index is 1110. The first-order valence-electron chi connectivity index (χ1n) is 9.04. The summed E-state index contributed by atoms with van der Waals surface area (Å²) in [6.45, 7) is 5.37. The van der Waals surface area contributed by atoms with Crippen LogP contribution in [0.2, 0.25) is 5.02 Å². The molecule has 1 aromatic heterocycles. The number of benzene rings is 1. The Balaban J connectivity index is 2.12. The highest BCUT2D eigenvalue weighted by molar-refractivity contribution is 6.46. The molecule has 0 atom stereocenters. The predicted molar refractivity (Wildman–Crippen MR) is 112 cm³/mol. The van der Waals surface area contributed by atoms with Crippen LogP contribution in [0.3, 0.4) is 0 Å². The Kier molecular flexibility index (Phi) is 8.10. The third-order valence-electron chi connectivity index (χ3n) is 3.69. The molecule has 3 N–H and O–H groups in total. The van der Waals surface area contributed by atoms with Crippen LogP contribution < -0.4 is 21.0 Å². The number of alkyl carbamates (subject to hydrolysis) is 1. The van der Waals surface area contributed by atoms with Gasteiger partial charge in [0.05, 0.1) is 17.3 Å². The van der Waals surface area contributed by atoms with Crippen LogP contribution in [0.15, 0.2) is 34.2 Å². The zero-order valence-electron chi connectivity index (χ0n) is 16.9. The van der Waals surface area contributed by atoms with Crippen molar-refractivity contribution >= 4 is 35.0 Å². The molecule has 0 aliphatic carbocycles. The molecule has 0 saturated carbocycles. The zero-order chi connectivity index (χ0) is 23.0. The number of nitriles is 1. The summed E-state index contributed by atoms with van der Waals surface area (Å²) in [5, 5.41) is 20.9. The number of hydrogen-bond acceptors (Lipinski definition) is 9. The largest absolute Gasteiger partial charge is 0.450 e. The summed E-state index contributed by atoms with van der Waals surface area (Å²) in [7, 11) is 0. The van der Waals surface area contributed by atoms with Crippen molar-refractivity contribution in [1.29, 1.82) is 5.26 Å². The lowest BCUT2D eigenvalue weighted by molar-refractivity contribution is -0.114. The van der Waals surface area contributed by atoms with Gasteiger partial charge in [-0.05, 0) is 31.0 Å². The van der Waals surface area contributed by atoms with Crippen molar-refractivity contribution in [2.75, 3.05) is 12.0 Å². The molecule has 0 bridgehead atoms. The lowest BCUT2D eigenvalue weighted by atomic mass is 10.1. The van der Waals surface area contributed by atoms with Crippen LogP contribution in [0.25, 0.3) is 0 Å². The minimum absolute atomic E-state index is 0.0237. The summed E-state index contributed by atoms with van der Waals surface area (Å²) in [6, 6.07) is 7.57. The van der Waals surface area contributed by atoms with Crippen molar-refractivity contribution < 1.29 is 19.1 Å². The van der Waals surface area contributed by atoms with E-state index in [0.717, 1.165) is 0 Å². The number of H-pyrrole nitrogens is 1. The molecule has 0 aliphatic heterocycles. The number of nitrogens with one attached hydrogen (secondary N) is 3. The lowest BCUT2D eigenvalue weighted by Crippen LogP contribution is -2.36. The van der Waals surface area contributed by atoms with Gasteiger partial charge in [-0.3, -0.25) is 20.3 Å². The second-order valence-corrected chi connectivity index (χ2v) is 6.66. The number of aromatic nitrogens is 2. The monoisotopic (exact) mass is 446 g/mol. The van der Waals surface area contributed by atoms with E-state index in [1.54, 1.807) is 13.0 Å². The average Bonchev–Trinajstić information content (AvgIpc) is 2.71. The van der Waals surface area contributed by atoms with Crippen LogP contribution in [0, 0.1) is 11.3 Å². The van der Waals surface area contributed by atoms with Crippen LogP contribution in [-0.4, -0.2) is 34.5 Å². The third kappa shape index (κ3) is 6.55. The number of carbonyl (C=O) groups excluding carboxylic acids is 2. The van der Waals surface area contributed by atoms with E-state index in [1.807, 2.05) is 19.2 Å². The van der Waals surface area contributed by atoms with Gasteiger partial charge in [0.2, 0.25) is 11.6 Å². The number of imide groups is 1. The van der Waals surface area contributed by atoms with Gasteiger partial charge in [-0.25, -0.2) is 9.89 Å². The van der Waals surface area contributed by atoms with Crippen LogP contribution >= 0.6 is 11.6 Å². The maximum Gasteiger partial charge on any atom is 0.414 e. The number of ether oxygens (including phenoxy) is 2. The van der Waals surface area contributed by atoms with Crippen LogP contribution in [0.5, 0.6) is 11.6 Å². The van der Waals surface area contributed by atoms with Gasteiger partial charge in [-0.1, -0.05) is 25.4 Å². The van der Waals surface area contributed by atoms with Crippen LogP contribution in [0.1, 0.15) is 32.3 Å². The minimum Gasteiger partial charge on any atom is -0.450 e. The lowest BCUT2D eigenvalue weighted by Gasteiger charge is -2.10. The van der Waals surface area contributed by atoms with Gasteiger partial charge in [-0.15, -0.1) is 5.10 Å². The summed E-state index contributed by atoms with van der Waals surface area (Å²) in [6.07, 6.45) is -0.989. The summed E-state index contributed by atoms with van der Waals surface area (Å²) in [4.78, 5) is 34.9. The third-order valence-corrected chi connectivity index (χ3v) is 3.98. The second kappa shape index (κ2) is 10.7. The van der Waals surface area contributed by atoms with Crippen LogP contribution in [0.4, 0.5) is 10.5 Å². The highest BCUT2D eigenvalue weighted by Gasteiger charge is 2.16. The topological polar surface area (TPSA) is 159 Å². The van der Waals surface area contributed by atoms with E-state index in [2.05, 4.69) is 25.5 Å². The van der Waals surface area contributed by atoms with E-state index < -0.39 is 17.7 Å². The van der Waals surface area contributed by atoms with Gasteiger partial charge >= 0.3 is 6.09 Å². The molecular formula is C19H19ClN6O5. The summed E-state index contributed by atoms with van der Waals surface area (Å²) in [5.74, 6) is -0.633. The number of nitrogens with zero attached hydrogens (tertiary/aromatic N) is 3. The molecule has 12 heteroatoms. The Morgan fingerprint density at radius 2 is 2.10 bits per heavy atom. The molecule has 1 heterocycles. The van der Waals surface area contributed by atoms with Crippen molar-refractivity contribution in [2.24, 2.45) is 5.10 Å². The van der Waals surface area contributed by atoms with Gasteiger partial charge in [0.1, 0.15) is 11.8 Å². The van der Waals surface area contributed by atoms with Crippen molar-refractivity contribution in [3.05, 3.63) is 45.2 Å². The second-order valence-electron chi connectivity index (χ2n) is 6.25. The van der Waals surface area contributed by atoms with Gasteiger partial charge in [-0.2, -0.15) is 10.4 Å². The summed E-state index contributed by atoms with van der Waals surface area (Å²) >= 11 is 6.21. The smallest absolute Gasteiger partial charge is 0.414 e. The van der Waals surface area contributed by atoms with Crippen LogP contribution in [-0.2, 0) is 9.53 Å². The van der Waals surface area contributed by atoms with Crippen molar-refractivity contribution in [1.82, 2.24) is 15.5 Å². The highest BCUT2D eigenvalue weighted by Crippen LogP contribution is 2.31. The highest BCUT2D eigenvalue weighted by atomic mass is 35.5. The number of hydrogen-bond donors (Lipinski definition) is 3. The fourth-order valence-electron chi connectivity index (χ4n) is 2.21. The number of carbonyl (C=O) groups is 2. The van der Waals surface area contributed by atoms with E-state index >= 15 is 0 Å². The molecule has 2 aromatic rings. The van der Waals surface area contributed by atoms with E-state index in [4.69, 9.17) is 21.6 Å². The summed E-state index contributed by atoms with van der Waals surface area (Å²) < 4.78 is 10.2. The first-order valence-corrected chi connectivity index (χ1v) is 9.41. The average molecular weight is 447 g/mol. The minimum atomic E-state index is -1.02. The molecule has 11 nitrogen and oxygen atoms in total. The standard InChI is InChI=1S/C19H19ClN6O5/c1-4-30-19(29)22-18(28)14(9-21)24-23-11-5-6-15(13(20)7-11)31-16-8-12(10(2)3)17(27)26-25-16/h5-8,10,23H,4H2,1-3H3,(H,26,27)(H,22,28,29)/b24-14+. The van der Waals surface area contributed by atoms with Crippen molar-refractivity contribution in [3.63, 3.8) is 0 Å².